The molecule has 0 aromatic heterocycles. The molecule has 0 saturated heterocycles. The van der Waals surface area contributed by atoms with Gasteiger partial charge in [-0.1, -0.05) is 50.5 Å². The highest BCUT2D eigenvalue weighted by atomic mass is 16.3. The van der Waals surface area contributed by atoms with Crippen LogP contribution >= 0.6 is 0 Å². The second-order valence-corrected chi connectivity index (χ2v) is 7.73. The van der Waals surface area contributed by atoms with Crippen LogP contribution in [-0.4, -0.2) is 57.8 Å². The van der Waals surface area contributed by atoms with Crippen LogP contribution in [0.15, 0.2) is 24.3 Å². The molecule has 1 fully saturated rings. The van der Waals surface area contributed by atoms with Crippen molar-refractivity contribution in [3.05, 3.63) is 24.3 Å². The highest BCUT2D eigenvalue weighted by Gasteiger charge is 2.39. The van der Waals surface area contributed by atoms with Gasteiger partial charge in [0.15, 0.2) is 0 Å². The van der Waals surface area contributed by atoms with Crippen molar-refractivity contribution >= 4 is 5.91 Å². The Hall–Kier alpha value is -1.21. The molecule has 28 heavy (non-hydrogen) atoms. The third kappa shape index (κ3) is 9.82. The minimum Gasteiger partial charge on any atom is -0.395 e. The Morgan fingerprint density at radius 3 is 2.68 bits per heavy atom. The van der Waals surface area contributed by atoms with Gasteiger partial charge in [0.25, 0.3) is 0 Å². The average molecular weight is 398 g/mol. The fraction of sp³-hybridized carbons (Fsp3) is 0.773. The topological polar surface area (TPSA) is 110 Å². The SMILES string of the molecule is CCCCC[C@H](O)/C=C/[C@@H]1[C@H](C/C=C\CCCC(=O)NCCO)[C@H](O)C[C@H]1O. The van der Waals surface area contributed by atoms with Crippen LogP contribution in [0.25, 0.3) is 0 Å². The first-order valence-corrected chi connectivity index (χ1v) is 10.7. The lowest BCUT2D eigenvalue weighted by molar-refractivity contribution is -0.121. The number of carbonyl (C=O) groups is 1. The maximum Gasteiger partial charge on any atom is 0.220 e. The van der Waals surface area contributed by atoms with E-state index in [0.717, 1.165) is 38.5 Å². The van der Waals surface area contributed by atoms with Crippen LogP contribution in [-0.2, 0) is 4.79 Å². The number of amides is 1. The minimum atomic E-state index is -0.581. The summed E-state index contributed by atoms with van der Waals surface area (Å²) in [6.45, 7) is 2.37. The molecule has 1 aliphatic rings. The summed E-state index contributed by atoms with van der Waals surface area (Å²) >= 11 is 0. The molecule has 0 radical (unpaired) electrons. The number of hydrogen-bond donors (Lipinski definition) is 5. The highest BCUT2D eigenvalue weighted by molar-refractivity contribution is 5.75. The molecular formula is C22H39NO5. The van der Waals surface area contributed by atoms with Crippen molar-refractivity contribution in [1.29, 1.82) is 0 Å². The smallest absolute Gasteiger partial charge is 0.220 e. The Balaban J connectivity index is 2.39. The minimum absolute atomic E-state index is 0.0490. The van der Waals surface area contributed by atoms with E-state index < -0.39 is 18.3 Å². The first-order chi connectivity index (χ1) is 13.5. The number of unbranched alkanes of at least 4 members (excludes halogenated alkanes) is 3. The van der Waals surface area contributed by atoms with E-state index in [1.807, 2.05) is 18.2 Å². The third-order valence-corrected chi connectivity index (χ3v) is 5.36. The molecule has 1 aliphatic carbocycles. The number of hydrogen-bond acceptors (Lipinski definition) is 5. The molecule has 1 amide bonds. The van der Waals surface area contributed by atoms with E-state index in [9.17, 15) is 20.1 Å². The van der Waals surface area contributed by atoms with E-state index in [1.165, 1.54) is 0 Å². The maximum absolute atomic E-state index is 11.4. The van der Waals surface area contributed by atoms with Crippen LogP contribution in [0.4, 0.5) is 0 Å². The monoisotopic (exact) mass is 397 g/mol. The Kier molecular flexibility index (Phi) is 13.1. The molecule has 0 spiro atoms. The first kappa shape index (κ1) is 24.8. The second kappa shape index (κ2) is 14.7. The molecule has 6 heteroatoms. The number of rotatable bonds is 14. The van der Waals surface area contributed by atoms with Gasteiger partial charge in [-0.15, -0.1) is 0 Å². The summed E-state index contributed by atoms with van der Waals surface area (Å²) in [7, 11) is 0. The van der Waals surface area contributed by atoms with Crippen molar-refractivity contribution in [3.63, 3.8) is 0 Å². The van der Waals surface area contributed by atoms with Gasteiger partial charge in [0.05, 0.1) is 24.9 Å². The standard InChI is InChI=1S/C22H39NO5/c1-2-3-6-9-17(25)12-13-19-18(20(26)16-21(19)27)10-7-4-5-8-11-22(28)23-14-15-24/h4,7,12-13,17-21,24-27H,2-3,5-6,8-11,14-16H2,1H3,(H,23,28)/b7-4-,13-12+/t17-,18-,19+,20+,21+/m0/s1. The van der Waals surface area contributed by atoms with Crippen molar-refractivity contribution in [2.24, 2.45) is 11.8 Å². The largest absolute Gasteiger partial charge is 0.395 e. The van der Waals surface area contributed by atoms with Crippen molar-refractivity contribution in [3.8, 4) is 0 Å². The van der Waals surface area contributed by atoms with Gasteiger partial charge in [-0.2, -0.15) is 0 Å². The Morgan fingerprint density at radius 2 is 1.96 bits per heavy atom. The average Bonchev–Trinajstić information content (AvgIpc) is 2.94. The zero-order valence-electron chi connectivity index (χ0n) is 17.2. The molecule has 1 rings (SSSR count). The molecule has 5 N–H and O–H groups in total. The van der Waals surface area contributed by atoms with Gasteiger partial charge >= 0.3 is 0 Å². The summed E-state index contributed by atoms with van der Waals surface area (Å²) in [4.78, 5) is 11.4. The Bertz CT molecular complexity index is 480. The van der Waals surface area contributed by atoms with Crippen molar-refractivity contribution < 1.29 is 25.2 Å². The fourth-order valence-corrected chi connectivity index (χ4v) is 3.70. The zero-order chi connectivity index (χ0) is 20.8. The van der Waals surface area contributed by atoms with Crippen molar-refractivity contribution in [2.75, 3.05) is 13.2 Å². The van der Waals surface area contributed by atoms with E-state index in [1.54, 1.807) is 6.08 Å². The van der Waals surface area contributed by atoms with E-state index in [-0.39, 0.29) is 24.3 Å². The van der Waals surface area contributed by atoms with Gasteiger partial charge in [-0.3, -0.25) is 4.79 Å². The number of aliphatic hydroxyl groups excluding tert-OH is 4. The van der Waals surface area contributed by atoms with Gasteiger partial charge in [-0.25, -0.2) is 0 Å². The predicted molar refractivity (Wildman–Crippen MR) is 111 cm³/mol. The van der Waals surface area contributed by atoms with Crippen LogP contribution in [0, 0.1) is 11.8 Å². The summed E-state index contributed by atoms with van der Waals surface area (Å²) in [6, 6.07) is 0. The normalized spacial score (nSPS) is 26.3. The van der Waals surface area contributed by atoms with E-state index in [2.05, 4.69) is 12.2 Å². The molecule has 5 atom stereocenters. The fourth-order valence-electron chi connectivity index (χ4n) is 3.70. The zero-order valence-corrected chi connectivity index (χ0v) is 17.2. The predicted octanol–water partition coefficient (Wildman–Crippen LogP) is 2.07. The van der Waals surface area contributed by atoms with Gasteiger partial charge < -0.3 is 25.7 Å². The number of nitrogens with one attached hydrogen (secondary N) is 1. The molecule has 0 aromatic rings. The molecule has 0 aliphatic heterocycles. The molecule has 0 aromatic carbocycles. The molecule has 162 valence electrons. The van der Waals surface area contributed by atoms with Crippen LogP contribution in [0.1, 0.15) is 64.7 Å². The van der Waals surface area contributed by atoms with Crippen LogP contribution in [0.5, 0.6) is 0 Å². The maximum atomic E-state index is 11.4. The molecule has 0 bridgehead atoms. The van der Waals surface area contributed by atoms with Gasteiger partial charge in [0.1, 0.15) is 0 Å². The molecular weight excluding hydrogens is 358 g/mol. The van der Waals surface area contributed by atoms with Crippen LogP contribution in [0.2, 0.25) is 0 Å². The molecule has 1 saturated carbocycles. The molecule has 0 heterocycles. The van der Waals surface area contributed by atoms with Gasteiger partial charge in [0, 0.05) is 25.3 Å². The summed E-state index contributed by atoms with van der Waals surface area (Å²) < 4.78 is 0. The van der Waals surface area contributed by atoms with E-state index in [4.69, 9.17) is 5.11 Å². The molecule has 6 nitrogen and oxygen atoms in total. The van der Waals surface area contributed by atoms with Crippen molar-refractivity contribution in [2.45, 2.75) is 83.0 Å². The van der Waals surface area contributed by atoms with Crippen LogP contribution < -0.4 is 5.32 Å². The number of carbonyl (C=O) groups excluding carboxylic acids is 1. The quantitative estimate of drug-likeness (QED) is 0.228. The lowest BCUT2D eigenvalue weighted by atomic mass is 9.89. The summed E-state index contributed by atoms with van der Waals surface area (Å²) in [5, 5.41) is 41.8. The summed E-state index contributed by atoms with van der Waals surface area (Å²) in [5.41, 5.74) is 0. The number of aliphatic hydroxyl groups is 4. The Morgan fingerprint density at radius 1 is 1.18 bits per heavy atom. The van der Waals surface area contributed by atoms with Crippen LogP contribution in [0.3, 0.4) is 0 Å². The second-order valence-electron chi connectivity index (χ2n) is 7.73. The summed E-state index contributed by atoms with van der Waals surface area (Å²) in [5.74, 6) is -0.262. The third-order valence-electron chi connectivity index (χ3n) is 5.36. The lowest BCUT2D eigenvalue weighted by Crippen LogP contribution is -2.25. The highest BCUT2D eigenvalue weighted by Crippen LogP contribution is 2.36. The van der Waals surface area contributed by atoms with Gasteiger partial charge in [0.2, 0.25) is 5.91 Å². The van der Waals surface area contributed by atoms with E-state index in [0.29, 0.717) is 25.8 Å². The lowest BCUT2D eigenvalue weighted by Gasteiger charge is -2.19. The molecule has 0 unspecified atom stereocenters. The van der Waals surface area contributed by atoms with E-state index >= 15 is 0 Å². The Labute approximate surface area is 169 Å². The number of allylic oxidation sites excluding steroid dienone is 2. The summed E-state index contributed by atoms with van der Waals surface area (Å²) in [6.07, 6.45) is 12.9. The van der Waals surface area contributed by atoms with Crippen molar-refractivity contribution in [1.82, 2.24) is 5.32 Å². The first-order valence-electron chi connectivity index (χ1n) is 10.7. The van der Waals surface area contributed by atoms with Gasteiger partial charge in [-0.05, 0) is 31.6 Å².